The monoisotopic (exact) mass is 282 g/mol. The number of rotatable bonds is 4. The zero-order chi connectivity index (χ0) is 13.8. The first-order chi connectivity index (χ1) is 9.17. The molecule has 3 unspecified atom stereocenters. The van der Waals surface area contributed by atoms with Crippen LogP contribution in [-0.4, -0.2) is 12.2 Å². The van der Waals surface area contributed by atoms with Gasteiger partial charge in [0.1, 0.15) is 5.75 Å². The van der Waals surface area contributed by atoms with Gasteiger partial charge in [0.05, 0.1) is 18.2 Å². The van der Waals surface area contributed by atoms with E-state index in [0.29, 0.717) is 22.6 Å². The van der Waals surface area contributed by atoms with E-state index in [0.717, 1.165) is 18.4 Å². The zero-order valence-corrected chi connectivity index (χ0v) is 12.5. The van der Waals surface area contributed by atoms with Crippen LogP contribution in [0.15, 0.2) is 18.2 Å². The van der Waals surface area contributed by atoms with Crippen LogP contribution in [0.25, 0.3) is 0 Å². The predicted octanol–water partition coefficient (Wildman–Crippen LogP) is 4.60. The second-order valence-electron chi connectivity index (χ2n) is 5.46. The molecule has 0 radical (unpaired) electrons. The fourth-order valence-corrected chi connectivity index (χ4v) is 3.54. The maximum Gasteiger partial charge on any atom is 0.137 e. The molecule has 2 nitrogen and oxygen atoms in total. The fourth-order valence-electron chi connectivity index (χ4n) is 3.27. The molecule has 0 saturated heterocycles. The molecule has 1 fully saturated rings. The van der Waals surface area contributed by atoms with E-state index < -0.39 is 6.10 Å². The van der Waals surface area contributed by atoms with Crippen molar-refractivity contribution in [3.8, 4) is 5.75 Å². The molecule has 1 N–H and O–H groups in total. The molecule has 3 atom stereocenters. The van der Waals surface area contributed by atoms with Crippen molar-refractivity contribution in [1.82, 2.24) is 0 Å². The number of hydrogen-bond donors (Lipinski definition) is 1. The van der Waals surface area contributed by atoms with Gasteiger partial charge in [-0.25, -0.2) is 0 Å². The van der Waals surface area contributed by atoms with Gasteiger partial charge in [-0.2, -0.15) is 0 Å². The van der Waals surface area contributed by atoms with E-state index in [9.17, 15) is 5.11 Å². The lowest BCUT2D eigenvalue weighted by atomic mass is 9.73. The van der Waals surface area contributed by atoms with E-state index in [1.165, 1.54) is 19.3 Å². The first-order valence-corrected chi connectivity index (χ1v) is 7.56. The van der Waals surface area contributed by atoms with Gasteiger partial charge in [-0.3, -0.25) is 0 Å². The van der Waals surface area contributed by atoms with E-state index in [1.54, 1.807) is 7.11 Å². The van der Waals surface area contributed by atoms with E-state index in [2.05, 4.69) is 6.92 Å². The Kier molecular flexibility index (Phi) is 5.12. The topological polar surface area (TPSA) is 29.5 Å². The van der Waals surface area contributed by atoms with Gasteiger partial charge in [0, 0.05) is 0 Å². The van der Waals surface area contributed by atoms with Crippen molar-refractivity contribution in [2.75, 3.05) is 7.11 Å². The van der Waals surface area contributed by atoms with Gasteiger partial charge in [0.2, 0.25) is 0 Å². The van der Waals surface area contributed by atoms with E-state index in [4.69, 9.17) is 16.3 Å². The van der Waals surface area contributed by atoms with Crippen molar-refractivity contribution < 1.29 is 9.84 Å². The van der Waals surface area contributed by atoms with Gasteiger partial charge in [-0.05, 0) is 36.0 Å². The zero-order valence-electron chi connectivity index (χ0n) is 11.7. The summed E-state index contributed by atoms with van der Waals surface area (Å²) in [6, 6.07) is 5.60. The largest absolute Gasteiger partial charge is 0.495 e. The standard InChI is InChI=1S/C16H23ClO2/c1-3-11-6-4-5-7-13(11)16(18)12-8-9-15(19-2)14(17)10-12/h8-11,13,16,18H,3-7H2,1-2H3. The lowest BCUT2D eigenvalue weighted by Crippen LogP contribution is -2.25. The summed E-state index contributed by atoms with van der Waals surface area (Å²) in [4.78, 5) is 0. The third kappa shape index (κ3) is 3.24. The van der Waals surface area contributed by atoms with Crippen molar-refractivity contribution >= 4 is 11.6 Å². The third-order valence-electron chi connectivity index (χ3n) is 4.42. The molecule has 106 valence electrons. The van der Waals surface area contributed by atoms with Gasteiger partial charge in [0.25, 0.3) is 0 Å². The highest BCUT2D eigenvalue weighted by Crippen LogP contribution is 2.41. The minimum Gasteiger partial charge on any atom is -0.495 e. The fraction of sp³-hybridized carbons (Fsp3) is 0.625. The highest BCUT2D eigenvalue weighted by molar-refractivity contribution is 6.32. The quantitative estimate of drug-likeness (QED) is 0.875. The smallest absolute Gasteiger partial charge is 0.137 e. The Balaban J connectivity index is 2.17. The van der Waals surface area contributed by atoms with Gasteiger partial charge in [0.15, 0.2) is 0 Å². The Morgan fingerprint density at radius 3 is 2.74 bits per heavy atom. The average molecular weight is 283 g/mol. The summed E-state index contributed by atoms with van der Waals surface area (Å²) >= 11 is 6.15. The second kappa shape index (κ2) is 6.62. The molecule has 1 aromatic rings. The summed E-state index contributed by atoms with van der Waals surface area (Å²) in [6.07, 6.45) is 5.61. The van der Waals surface area contributed by atoms with Crippen LogP contribution in [-0.2, 0) is 0 Å². The Morgan fingerprint density at radius 1 is 1.37 bits per heavy atom. The SMILES string of the molecule is CCC1CCCCC1C(O)c1ccc(OC)c(Cl)c1. The number of aliphatic hydroxyl groups is 1. The van der Waals surface area contributed by atoms with Gasteiger partial charge in [-0.1, -0.05) is 50.3 Å². The lowest BCUT2D eigenvalue weighted by Gasteiger charge is -2.34. The van der Waals surface area contributed by atoms with Crippen molar-refractivity contribution in [2.45, 2.75) is 45.1 Å². The molecule has 1 aliphatic carbocycles. The highest BCUT2D eigenvalue weighted by atomic mass is 35.5. The van der Waals surface area contributed by atoms with Crippen LogP contribution in [0.1, 0.15) is 50.7 Å². The van der Waals surface area contributed by atoms with Crippen LogP contribution in [0.3, 0.4) is 0 Å². The number of hydrogen-bond acceptors (Lipinski definition) is 2. The first-order valence-electron chi connectivity index (χ1n) is 7.18. The second-order valence-corrected chi connectivity index (χ2v) is 5.86. The molecule has 2 rings (SSSR count). The molecule has 1 aromatic carbocycles. The van der Waals surface area contributed by atoms with Gasteiger partial charge >= 0.3 is 0 Å². The van der Waals surface area contributed by atoms with Crippen molar-refractivity contribution in [3.63, 3.8) is 0 Å². The number of ether oxygens (including phenoxy) is 1. The number of aliphatic hydroxyl groups excluding tert-OH is 1. The summed E-state index contributed by atoms with van der Waals surface area (Å²) in [7, 11) is 1.60. The summed E-state index contributed by atoms with van der Waals surface area (Å²) in [5.41, 5.74) is 0.913. The molecule has 0 spiro atoms. The third-order valence-corrected chi connectivity index (χ3v) is 4.71. The Morgan fingerprint density at radius 2 is 2.11 bits per heavy atom. The summed E-state index contributed by atoms with van der Waals surface area (Å²) in [5, 5.41) is 11.2. The molecule has 0 aliphatic heterocycles. The maximum atomic E-state index is 10.6. The average Bonchev–Trinajstić information content (AvgIpc) is 2.46. The molecule has 0 amide bonds. The normalized spacial score (nSPS) is 25.1. The lowest BCUT2D eigenvalue weighted by molar-refractivity contribution is 0.0452. The minimum atomic E-state index is -0.409. The summed E-state index contributed by atoms with van der Waals surface area (Å²) in [5.74, 6) is 1.65. The van der Waals surface area contributed by atoms with Gasteiger partial charge in [-0.15, -0.1) is 0 Å². The Labute approximate surface area is 120 Å². The van der Waals surface area contributed by atoms with Crippen LogP contribution >= 0.6 is 11.6 Å². The molecule has 0 heterocycles. The van der Waals surface area contributed by atoms with E-state index in [-0.39, 0.29) is 0 Å². The Bertz CT molecular complexity index is 419. The van der Waals surface area contributed by atoms with E-state index in [1.807, 2.05) is 18.2 Å². The molecule has 1 saturated carbocycles. The van der Waals surface area contributed by atoms with Crippen molar-refractivity contribution in [3.05, 3.63) is 28.8 Å². The maximum absolute atomic E-state index is 10.6. The molecule has 3 heteroatoms. The Hall–Kier alpha value is -0.730. The van der Waals surface area contributed by atoms with Crippen LogP contribution in [0.2, 0.25) is 5.02 Å². The van der Waals surface area contributed by atoms with Crippen LogP contribution in [0.5, 0.6) is 5.75 Å². The number of methoxy groups -OCH3 is 1. The molecule has 1 aliphatic rings. The van der Waals surface area contributed by atoms with E-state index >= 15 is 0 Å². The molecule has 0 bridgehead atoms. The van der Waals surface area contributed by atoms with Crippen molar-refractivity contribution in [2.24, 2.45) is 11.8 Å². The highest BCUT2D eigenvalue weighted by Gasteiger charge is 2.30. The molecular formula is C16H23ClO2. The molecule has 19 heavy (non-hydrogen) atoms. The summed E-state index contributed by atoms with van der Waals surface area (Å²) < 4.78 is 5.15. The summed E-state index contributed by atoms with van der Waals surface area (Å²) in [6.45, 7) is 2.22. The van der Waals surface area contributed by atoms with Crippen LogP contribution in [0, 0.1) is 11.8 Å². The predicted molar refractivity (Wildman–Crippen MR) is 78.7 cm³/mol. The molecular weight excluding hydrogens is 260 g/mol. The van der Waals surface area contributed by atoms with Crippen molar-refractivity contribution in [1.29, 1.82) is 0 Å². The van der Waals surface area contributed by atoms with Gasteiger partial charge < -0.3 is 9.84 Å². The van der Waals surface area contributed by atoms with Crippen LogP contribution < -0.4 is 4.74 Å². The number of benzene rings is 1. The van der Waals surface area contributed by atoms with Crippen LogP contribution in [0.4, 0.5) is 0 Å². The molecule has 0 aromatic heterocycles. The minimum absolute atomic E-state index is 0.364. The number of halogens is 1. The first kappa shape index (κ1) is 14.7.